The lowest BCUT2D eigenvalue weighted by molar-refractivity contribution is -0.113. The van der Waals surface area contributed by atoms with Crippen LogP contribution in [0.3, 0.4) is 0 Å². The van der Waals surface area contributed by atoms with Crippen LogP contribution in [0.4, 0.5) is 5.69 Å². The normalized spacial score (nSPS) is 10.5. The van der Waals surface area contributed by atoms with Crippen molar-refractivity contribution in [3.8, 4) is 28.5 Å². The van der Waals surface area contributed by atoms with Gasteiger partial charge < -0.3 is 5.32 Å². The zero-order chi connectivity index (χ0) is 23.2. The van der Waals surface area contributed by atoms with Crippen LogP contribution in [0.1, 0.15) is 11.1 Å². The summed E-state index contributed by atoms with van der Waals surface area (Å²) in [6, 6.07) is 28.9. The van der Waals surface area contributed by atoms with Gasteiger partial charge >= 0.3 is 0 Å². The number of hydrogen-bond donors (Lipinski definition) is 1. The third kappa shape index (κ3) is 5.25. The molecule has 0 unspecified atom stereocenters. The summed E-state index contributed by atoms with van der Waals surface area (Å²) in [6.45, 7) is 1.94. The molecule has 1 heterocycles. The topological polar surface area (TPSA) is 65.8 Å². The molecule has 4 rings (SSSR count). The first-order chi connectivity index (χ1) is 16.1. The molecular weight excluding hydrogens is 450 g/mol. The monoisotopic (exact) mass is 469 g/mol. The molecule has 0 aliphatic carbocycles. The molecule has 0 aliphatic heterocycles. The van der Waals surface area contributed by atoms with Crippen LogP contribution in [0.5, 0.6) is 0 Å². The SMILES string of the molecule is Cc1ccccc1NC(=O)CSc1nc(-c2ccccc2)cc(-c2ccccc2Cl)c1C#N. The highest BCUT2D eigenvalue weighted by molar-refractivity contribution is 8.00. The van der Waals surface area contributed by atoms with Crippen molar-refractivity contribution < 1.29 is 4.79 Å². The summed E-state index contributed by atoms with van der Waals surface area (Å²) >= 11 is 7.71. The zero-order valence-electron chi connectivity index (χ0n) is 17.9. The van der Waals surface area contributed by atoms with Gasteiger partial charge in [-0.25, -0.2) is 4.98 Å². The number of nitrogens with one attached hydrogen (secondary N) is 1. The first kappa shape index (κ1) is 22.6. The Kier molecular flexibility index (Phi) is 7.09. The quantitative estimate of drug-likeness (QED) is 0.309. The molecule has 1 amide bonds. The van der Waals surface area contributed by atoms with E-state index in [1.807, 2.05) is 85.8 Å². The van der Waals surface area contributed by atoms with Gasteiger partial charge in [0.05, 0.1) is 17.0 Å². The summed E-state index contributed by atoms with van der Waals surface area (Å²) in [4.78, 5) is 17.4. The number of aryl methyl sites for hydroxylation is 1. The van der Waals surface area contributed by atoms with E-state index >= 15 is 0 Å². The molecule has 0 radical (unpaired) electrons. The maximum absolute atomic E-state index is 12.6. The zero-order valence-corrected chi connectivity index (χ0v) is 19.5. The molecule has 1 N–H and O–H groups in total. The summed E-state index contributed by atoms with van der Waals surface area (Å²) in [5, 5.41) is 14.0. The number of hydrogen-bond acceptors (Lipinski definition) is 4. The Morgan fingerprint density at radius 1 is 1.00 bits per heavy atom. The molecule has 0 spiro atoms. The van der Waals surface area contributed by atoms with Crippen molar-refractivity contribution in [3.63, 3.8) is 0 Å². The second-order valence-electron chi connectivity index (χ2n) is 7.34. The molecule has 4 aromatic rings. The van der Waals surface area contributed by atoms with Crippen LogP contribution in [0, 0.1) is 18.3 Å². The Labute approximate surface area is 202 Å². The summed E-state index contributed by atoms with van der Waals surface area (Å²) < 4.78 is 0. The van der Waals surface area contributed by atoms with Crippen molar-refractivity contribution in [2.45, 2.75) is 11.9 Å². The lowest BCUT2D eigenvalue weighted by Gasteiger charge is -2.14. The molecule has 0 saturated heterocycles. The predicted molar refractivity (Wildman–Crippen MR) is 135 cm³/mol. The van der Waals surface area contributed by atoms with Crippen molar-refractivity contribution in [2.24, 2.45) is 0 Å². The number of carbonyl (C=O) groups is 1. The third-order valence-electron chi connectivity index (χ3n) is 5.09. The minimum atomic E-state index is -0.163. The van der Waals surface area contributed by atoms with E-state index in [1.54, 1.807) is 6.07 Å². The molecular formula is C27H20ClN3OS. The van der Waals surface area contributed by atoms with E-state index in [9.17, 15) is 10.1 Å². The Morgan fingerprint density at radius 2 is 1.70 bits per heavy atom. The number of nitrogens with zero attached hydrogens (tertiary/aromatic N) is 2. The molecule has 0 atom stereocenters. The predicted octanol–water partition coefficient (Wildman–Crippen LogP) is 6.98. The maximum atomic E-state index is 12.6. The lowest BCUT2D eigenvalue weighted by atomic mass is 9.99. The number of pyridine rings is 1. The van der Waals surface area contributed by atoms with Gasteiger partial charge in [-0.3, -0.25) is 4.79 Å². The Morgan fingerprint density at radius 3 is 2.42 bits per heavy atom. The van der Waals surface area contributed by atoms with Crippen LogP contribution in [-0.2, 0) is 4.79 Å². The van der Waals surface area contributed by atoms with E-state index in [4.69, 9.17) is 16.6 Å². The highest BCUT2D eigenvalue weighted by Gasteiger charge is 2.18. The van der Waals surface area contributed by atoms with E-state index in [0.717, 1.165) is 22.4 Å². The number of nitriles is 1. The average Bonchev–Trinajstić information content (AvgIpc) is 2.84. The van der Waals surface area contributed by atoms with E-state index in [2.05, 4.69) is 11.4 Å². The molecule has 33 heavy (non-hydrogen) atoms. The Hall–Kier alpha value is -3.59. The molecule has 162 valence electrons. The minimum Gasteiger partial charge on any atom is -0.325 e. The summed E-state index contributed by atoms with van der Waals surface area (Å²) in [5.74, 6) is -0.0413. The number of anilines is 1. The van der Waals surface area contributed by atoms with Crippen molar-refractivity contribution in [2.75, 3.05) is 11.1 Å². The van der Waals surface area contributed by atoms with Crippen LogP contribution < -0.4 is 5.32 Å². The van der Waals surface area contributed by atoms with Crippen molar-refractivity contribution in [1.29, 1.82) is 5.26 Å². The molecule has 1 aromatic heterocycles. The fourth-order valence-corrected chi connectivity index (χ4v) is 4.46. The number of thioether (sulfide) groups is 1. The highest BCUT2D eigenvalue weighted by atomic mass is 35.5. The fraction of sp³-hybridized carbons (Fsp3) is 0.0741. The maximum Gasteiger partial charge on any atom is 0.234 e. The first-order valence-electron chi connectivity index (χ1n) is 10.3. The summed E-state index contributed by atoms with van der Waals surface area (Å²) in [6.07, 6.45) is 0. The standard InChI is InChI=1S/C27H20ClN3OS/c1-18-9-5-8-14-24(18)30-26(32)17-33-27-22(16-29)21(20-12-6-7-13-23(20)28)15-25(31-27)19-10-3-2-4-11-19/h2-15H,17H2,1H3,(H,30,32). The molecule has 0 fully saturated rings. The van der Waals surface area contributed by atoms with Gasteiger partial charge in [0.1, 0.15) is 11.1 Å². The largest absolute Gasteiger partial charge is 0.325 e. The molecule has 0 aliphatic rings. The molecule has 4 nitrogen and oxygen atoms in total. The third-order valence-corrected chi connectivity index (χ3v) is 6.40. The number of rotatable bonds is 6. The van der Waals surface area contributed by atoms with Gasteiger partial charge in [-0.1, -0.05) is 90.1 Å². The van der Waals surface area contributed by atoms with Crippen LogP contribution in [0.15, 0.2) is 90.0 Å². The van der Waals surface area contributed by atoms with Crippen molar-refractivity contribution in [3.05, 3.63) is 101 Å². The second-order valence-corrected chi connectivity index (χ2v) is 8.72. The smallest absolute Gasteiger partial charge is 0.234 e. The van der Waals surface area contributed by atoms with E-state index in [1.165, 1.54) is 11.8 Å². The number of carbonyl (C=O) groups excluding carboxylic acids is 1. The Bertz CT molecular complexity index is 1350. The average molecular weight is 470 g/mol. The number of amides is 1. The molecule has 3 aromatic carbocycles. The van der Waals surface area contributed by atoms with Gasteiger partial charge in [-0.2, -0.15) is 5.26 Å². The van der Waals surface area contributed by atoms with Crippen LogP contribution in [-0.4, -0.2) is 16.6 Å². The van der Waals surface area contributed by atoms with E-state index < -0.39 is 0 Å². The number of halogens is 1. The second kappa shape index (κ2) is 10.4. The van der Waals surface area contributed by atoms with E-state index in [0.29, 0.717) is 26.9 Å². The van der Waals surface area contributed by atoms with Gasteiger partial charge in [-0.15, -0.1) is 0 Å². The fourth-order valence-electron chi connectivity index (χ4n) is 3.42. The molecule has 6 heteroatoms. The molecule has 0 saturated carbocycles. The minimum absolute atomic E-state index is 0.121. The number of para-hydroxylation sites is 1. The van der Waals surface area contributed by atoms with Crippen LogP contribution >= 0.6 is 23.4 Å². The highest BCUT2D eigenvalue weighted by Crippen LogP contribution is 2.37. The van der Waals surface area contributed by atoms with Gasteiger partial charge in [0.15, 0.2) is 0 Å². The Balaban J connectivity index is 1.71. The number of benzene rings is 3. The van der Waals surface area contributed by atoms with Gasteiger partial charge in [0, 0.05) is 27.4 Å². The van der Waals surface area contributed by atoms with Crippen molar-refractivity contribution in [1.82, 2.24) is 4.98 Å². The van der Waals surface area contributed by atoms with Crippen LogP contribution in [0.25, 0.3) is 22.4 Å². The number of aromatic nitrogens is 1. The van der Waals surface area contributed by atoms with Gasteiger partial charge in [0.2, 0.25) is 5.91 Å². The van der Waals surface area contributed by atoms with Gasteiger partial charge in [-0.05, 0) is 30.7 Å². The molecule has 0 bridgehead atoms. The van der Waals surface area contributed by atoms with Crippen LogP contribution in [0.2, 0.25) is 5.02 Å². The first-order valence-corrected chi connectivity index (χ1v) is 11.7. The van der Waals surface area contributed by atoms with Gasteiger partial charge in [0.25, 0.3) is 0 Å². The van der Waals surface area contributed by atoms with Crippen molar-refractivity contribution >= 4 is 35.0 Å². The lowest BCUT2D eigenvalue weighted by Crippen LogP contribution is -2.15. The summed E-state index contributed by atoms with van der Waals surface area (Å²) in [7, 11) is 0. The summed E-state index contributed by atoms with van der Waals surface area (Å²) in [5.41, 5.74) is 5.23. The van der Waals surface area contributed by atoms with E-state index in [-0.39, 0.29) is 11.7 Å².